The second-order valence-electron chi connectivity index (χ2n) is 9.64. The molecule has 2 amide bonds. The van der Waals surface area contributed by atoms with Gasteiger partial charge in [-0.2, -0.15) is 0 Å². The van der Waals surface area contributed by atoms with Gasteiger partial charge in [-0.3, -0.25) is 9.59 Å². The normalized spacial score (nSPS) is 14.1. The number of methoxy groups -OCH3 is 1. The van der Waals surface area contributed by atoms with E-state index in [2.05, 4.69) is 26.1 Å². The van der Waals surface area contributed by atoms with Crippen molar-refractivity contribution in [1.29, 1.82) is 0 Å². The third kappa shape index (κ3) is 4.21. The lowest BCUT2D eigenvalue weighted by atomic mass is 9.87. The van der Waals surface area contributed by atoms with Gasteiger partial charge < -0.3 is 10.1 Å². The third-order valence-electron chi connectivity index (χ3n) is 6.07. The van der Waals surface area contributed by atoms with E-state index in [1.807, 2.05) is 68.4 Å². The summed E-state index contributed by atoms with van der Waals surface area (Å²) in [6, 6.07) is 20.9. The Morgan fingerprint density at radius 3 is 2.15 bits per heavy atom. The van der Waals surface area contributed by atoms with Crippen LogP contribution in [0.5, 0.6) is 5.75 Å². The molecule has 0 aliphatic carbocycles. The molecule has 4 rings (SSSR count). The first-order chi connectivity index (χ1) is 16.1. The number of carbonyl (C=O) groups is 2. The number of amides is 2. The summed E-state index contributed by atoms with van der Waals surface area (Å²) in [6.07, 6.45) is 0. The Balaban J connectivity index is 1.83. The first-order valence-corrected chi connectivity index (χ1v) is 11.3. The predicted molar refractivity (Wildman–Crippen MR) is 137 cm³/mol. The highest BCUT2D eigenvalue weighted by atomic mass is 16.5. The van der Waals surface area contributed by atoms with Gasteiger partial charge in [0, 0.05) is 11.3 Å². The fourth-order valence-corrected chi connectivity index (χ4v) is 4.22. The van der Waals surface area contributed by atoms with E-state index in [9.17, 15) is 9.59 Å². The average molecular weight is 455 g/mol. The van der Waals surface area contributed by atoms with Gasteiger partial charge in [-0.1, -0.05) is 68.8 Å². The molecule has 0 fully saturated rings. The van der Waals surface area contributed by atoms with Crippen molar-refractivity contribution in [2.24, 2.45) is 0 Å². The Labute approximate surface area is 201 Å². The zero-order chi connectivity index (χ0) is 24.6. The largest absolute Gasteiger partial charge is 0.496 e. The van der Waals surface area contributed by atoms with Crippen molar-refractivity contribution in [3.8, 4) is 5.75 Å². The number of aryl methyl sites for hydroxylation is 2. The maximum absolute atomic E-state index is 13.8. The highest BCUT2D eigenvalue weighted by Crippen LogP contribution is 2.38. The summed E-state index contributed by atoms with van der Waals surface area (Å²) in [7, 11) is 1.56. The minimum atomic E-state index is -0.391. The number of anilines is 2. The molecule has 0 atom stereocenters. The molecule has 3 aromatic rings. The quantitative estimate of drug-likeness (QED) is 0.480. The molecule has 0 radical (unpaired) electrons. The number of nitrogens with one attached hydrogen (secondary N) is 1. The van der Waals surface area contributed by atoms with Crippen molar-refractivity contribution in [2.75, 3.05) is 17.3 Å². The summed E-state index contributed by atoms with van der Waals surface area (Å²) in [5, 5.41) is 3.24. The Kier molecular flexibility index (Phi) is 6.05. The summed E-state index contributed by atoms with van der Waals surface area (Å²) >= 11 is 0. The van der Waals surface area contributed by atoms with Crippen molar-refractivity contribution >= 4 is 28.8 Å². The molecule has 34 heavy (non-hydrogen) atoms. The van der Waals surface area contributed by atoms with Crippen LogP contribution in [0.1, 0.15) is 43.0 Å². The van der Waals surface area contributed by atoms with Crippen molar-refractivity contribution in [1.82, 2.24) is 0 Å². The van der Waals surface area contributed by atoms with Gasteiger partial charge in [-0.05, 0) is 54.7 Å². The maximum atomic E-state index is 13.8. The Morgan fingerprint density at radius 1 is 0.853 bits per heavy atom. The maximum Gasteiger partial charge on any atom is 0.282 e. The number of rotatable bonds is 5. The van der Waals surface area contributed by atoms with E-state index in [4.69, 9.17) is 4.74 Å². The predicted octanol–water partition coefficient (Wildman–Crippen LogP) is 6.01. The molecule has 1 heterocycles. The van der Waals surface area contributed by atoms with Crippen molar-refractivity contribution in [3.05, 3.63) is 94.7 Å². The lowest BCUT2D eigenvalue weighted by molar-refractivity contribution is -0.120. The van der Waals surface area contributed by atoms with E-state index >= 15 is 0 Å². The molecule has 1 aliphatic heterocycles. The molecule has 0 aromatic heterocycles. The minimum Gasteiger partial charge on any atom is -0.496 e. The molecular weight excluding hydrogens is 424 g/mol. The fraction of sp³-hybridized carbons (Fsp3) is 0.241. The van der Waals surface area contributed by atoms with Crippen molar-refractivity contribution in [3.63, 3.8) is 0 Å². The monoisotopic (exact) mass is 454 g/mol. The van der Waals surface area contributed by atoms with Gasteiger partial charge in [0.1, 0.15) is 11.4 Å². The Hall–Kier alpha value is -3.86. The van der Waals surface area contributed by atoms with Crippen LogP contribution in [-0.2, 0) is 15.0 Å². The van der Waals surface area contributed by atoms with Crippen LogP contribution in [0.25, 0.3) is 5.57 Å². The van der Waals surface area contributed by atoms with Gasteiger partial charge in [0.2, 0.25) is 0 Å². The summed E-state index contributed by atoms with van der Waals surface area (Å²) < 4.78 is 5.53. The number of nitrogens with zero attached hydrogens (tertiary/aromatic N) is 1. The fourth-order valence-electron chi connectivity index (χ4n) is 4.22. The van der Waals surface area contributed by atoms with Crippen molar-refractivity contribution < 1.29 is 14.3 Å². The van der Waals surface area contributed by atoms with Crippen LogP contribution < -0.4 is 15.0 Å². The van der Waals surface area contributed by atoms with Crippen LogP contribution in [0, 0.1) is 13.8 Å². The highest BCUT2D eigenvalue weighted by molar-refractivity contribution is 6.46. The first kappa shape index (κ1) is 23.3. The number of hydrogen-bond acceptors (Lipinski definition) is 4. The molecule has 0 saturated carbocycles. The number of para-hydroxylation sites is 1. The number of carbonyl (C=O) groups excluding carboxylic acids is 2. The zero-order valence-electron chi connectivity index (χ0n) is 20.5. The second-order valence-corrected chi connectivity index (χ2v) is 9.64. The molecule has 174 valence electrons. The van der Waals surface area contributed by atoms with E-state index < -0.39 is 5.91 Å². The van der Waals surface area contributed by atoms with Crippen LogP contribution in [0.15, 0.2) is 72.4 Å². The average Bonchev–Trinajstić information content (AvgIpc) is 3.03. The summed E-state index contributed by atoms with van der Waals surface area (Å²) in [5.74, 6) is -0.239. The molecule has 3 aromatic carbocycles. The Bertz CT molecular complexity index is 1300. The first-order valence-electron chi connectivity index (χ1n) is 11.3. The van der Waals surface area contributed by atoms with Crippen LogP contribution >= 0.6 is 0 Å². The van der Waals surface area contributed by atoms with Crippen LogP contribution in [0.3, 0.4) is 0 Å². The Morgan fingerprint density at radius 2 is 1.53 bits per heavy atom. The van der Waals surface area contributed by atoms with E-state index in [-0.39, 0.29) is 17.0 Å². The van der Waals surface area contributed by atoms with Gasteiger partial charge >= 0.3 is 0 Å². The molecule has 0 spiro atoms. The van der Waals surface area contributed by atoms with E-state index in [0.717, 1.165) is 16.8 Å². The molecule has 0 saturated heterocycles. The van der Waals surface area contributed by atoms with Crippen LogP contribution in [0.4, 0.5) is 11.4 Å². The lowest BCUT2D eigenvalue weighted by Gasteiger charge is -2.20. The van der Waals surface area contributed by atoms with E-state index in [1.54, 1.807) is 19.2 Å². The smallest absolute Gasteiger partial charge is 0.282 e. The van der Waals surface area contributed by atoms with Crippen molar-refractivity contribution in [2.45, 2.75) is 40.0 Å². The molecule has 5 heteroatoms. The molecule has 1 N–H and O–H groups in total. The summed E-state index contributed by atoms with van der Waals surface area (Å²) in [6.45, 7) is 10.3. The second kappa shape index (κ2) is 8.82. The SMILES string of the molecule is COc1ccccc1C1=C(Nc2ccc(C(C)(C)C)cc2)C(=O)N(c2ccc(C)cc2C)C1=O. The molecule has 5 nitrogen and oxygen atoms in total. The molecule has 1 aliphatic rings. The third-order valence-corrected chi connectivity index (χ3v) is 6.07. The van der Waals surface area contributed by atoms with Crippen LogP contribution in [-0.4, -0.2) is 18.9 Å². The molecule has 0 unspecified atom stereocenters. The van der Waals surface area contributed by atoms with Gasteiger partial charge in [-0.25, -0.2) is 4.90 Å². The van der Waals surface area contributed by atoms with Gasteiger partial charge in [0.25, 0.3) is 11.8 Å². The number of imide groups is 1. The highest BCUT2D eigenvalue weighted by Gasteiger charge is 2.41. The van der Waals surface area contributed by atoms with E-state index in [1.165, 1.54) is 10.5 Å². The lowest BCUT2D eigenvalue weighted by Crippen LogP contribution is -2.33. The van der Waals surface area contributed by atoms with Crippen LogP contribution in [0.2, 0.25) is 0 Å². The minimum absolute atomic E-state index is 0.0132. The van der Waals surface area contributed by atoms with Gasteiger partial charge in [-0.15, -0.1) is 0 Å². The zero-order valence-corrected chi connectivity index (χ0v) is 20.5. The standard InChI is InChI=1S/C29H30N2O3/c1-18-11-16-23(19(2)17-18)31-27(32)25(22-9-7-8-10-24(22)34-6)26(28(31)33)30-21-14-12-20(13-15-21)29(3,4)5/h7-17,30H,1-6H3. The topological polar surface area (TPSA) is 58.6 Å². The molecular formula is C29H30N2O3. The number of hydrogen-bond donors (Lipinski definition) is 1. The number of ether oxygens (including phenoxy) is 1. The van der Waals surface area contributed by atoms with E-state index in [0.29, 0.717) is 22.6 Å². The van der Waals surface area contributed by atoms with Gasteiger partial charge in [0.15, 0.2) is 0 Å². The number of benzene rings is 3. The summed E-state index contributed by atoms with van der Waals surface area (Å²) in [4.78, 5) is 28.7. The van der Waals surface area contributed by atoms with Gasteiger partial charge in [0.05, 0.1) is 18.4 Å². The molecule has 0 bridgehead atoms. The summed E-state index contributed by atoms with van der Waals surface area (Å²) in [5.41, 5.74) is 5.53.